The fraction of sp³-hybridized carbons (Fsp3) is 0.600. The van der Waals surface area contributed by atoms with Gasteiger partial charge in [0.1, 0.15) is 5.15 Å². The molecule has 1 aliphatic carbocycles. The lowest BCUT2D eigenvalue weighted by Crippen LogP contribution is -2.54. The molecule has 3 aliphatic rings. The third-order valence-electron chi connectivity index (χ3n) is 4.73. The van der Waals surface area contributed by atoms with E-state index in [9.17, 15) is 4.79 Å². The maximum atomic E-state index is 11.5. The van der Waals surface area contributed by atoms with E-state index in [1.54, 1.807) is 6.07 Å². The monoisotopic (exact) mass is 295 g/mol. The van der Waals surface area contributed by atoms with E-state index in [1.807, 2.05) is 12.1 Å². The number of carbonyl (C=O) groups excluding carboxylic acids is 1. The molecule has 108 valence electrons. The van der Waals surface area contributed by atoms with E-state index in [2.05, 4.69) is 4.98 Å². The van der Waals surface area contributed by atoms with Crippen molar-refractivity contribution >= 4 is 17.6 Å². The second-order valence-corrected chi connectivity index (χ2v) is 6.24. The summed E-state index contributed by atoms with van der Waals surface area (Å²) < 4.78 is 10.8. The number of fused-ring (bicyclic) bond motifs is 3. The Morgan fingerprint density at radius 1 is 1.40 bits per heavy atom. The zero-order valence-electron chi connectivity index (χ0n) is 11.5. The average Bonchev–Trinajstić information content (AvgIpc) is 2.49. The molecule has 0 unspecified atom stereocenters. The van der Waals surface area contributed by atoms with Gasteiger partial charge in [-0.05, 0) is 37.8 Å². The maximum Gasteiger partial charge on any atom is 0.308 e. The van der Waals surface area contributed by atoms with Crippen LogP contribution in [0.3, 0.4) is 0 Å². The first-order chi connectivity index (χ1) is 9.57. The summed E-state index contributed by atoms with van der Waals surface area (Å²) in [6.45, 7) is 0.608. The second-order valence-electron chi connectivity index (χ2n) is 5.85. The van der Waals surface area contributed by atoms with Gasteiger partial charge in [0.15, 0.2) is 0 Å². The fourth-order valence-corrected chi connectivity index (χ4v) is 3.52. The Kier molecular flexibility index (Phi) is 3.46. The lowest BCUT2D eigenvalue weighted by molar-refractivity contribution is -0.177. The van der Waals surface area contributed by atoms with E-state index in [4.69, 9.17) is 21.1 Å². The average molecular weight is 296 g/mol. The third-order valence-corrected chi connectivity index (χ3v) is 4.94. The highest BCUT2D eigenvalue weighted by molar-refractivity contribution is 6.29. The molecule has 20 heavy (non-hydrogen) atoms. The predicted molar refractivity (Wildman–Crippen MR) is 74.7 cm³/mol. The van der Waals surface area contributed by atoms with E-state index < -0.39 is 0 Å². The number of aromatic nitrogens is 1. The number of methoxy groups -OCH3 is 1. The summed E-state index contributed by atoms with van der Waals surface area (Å²) >= 11 is 6.00. The van der Waals surface area contributed by atoms with Crippen molar-refractivity contribution in [2.24, 2.45) is 0 Å². The van der Waals surface area contributed by atoms with Crippen LogP contribution in [0.2, 0.25) is 5.15 Å². The molecule has 3 fully saturated rings. The van der Waals surface area contributed by atoms with Crippen LogP contribution in [0.15, 0.2) is 18.2 Å². The minimum absolute atomic E-state index is 0.0389. The van der Waals surface area contributed by atoms with Crippen LogP contribution in [0.4, 0.5) is 0 Å². The molecule has 3 heterocycles. The molecule has 1 aromatic rings. The van der Waals surface area contributed by atoms with E-state index >= 15 is 0 Å². The number of pyridine rings is 1. The summed E-state index contributed by atoms with van der Waals surface area (Å²) in [5.74, 6) is -0.194. The minimum atomic E-state index is -0.326. The van der Waals surface area contributed by atoms with Gasteiger partial charge in [-0.3, -0.25) is 4.79 Å². The Hall–Kier alpha value is -1.13. The van der Waals surface area contributed by atoms with Crippen molar-refractivity contribution in [3.63, 3.8) is 0 Å². The first-order valence-corrected chi connectivity index (χ1v) is 7.29. The standard InChI is InChI=1S/C15H18ClNO3/c1-19-13(18)9-15-7-5-14(6-8-15,10-20-15)11-3-2-4-12(16)17-11/h2-4H,5-10H2,1H3. The quantitative estimate of drug-likeness (QED) is 0.635. The SMILES string of the molecule is COC(=O)CC12CCC(c3cccc(Cl)n3)(CC1)CO2. The number of hydrogen-bond acceptors (Lipinski definition) is 4. The van der Waals surface area contributed by atoms with Gasteiger partial charge in [-0.2, -0.15) is 0 Å². The number of ether oxygens (including phenoxy) is 2. The van der Waals surface area contributed by atoms with Gasteiger partial charge in [-0.1, -0.05) is 17.7 Å². The fourth-order valence-electron chi connectivity index (χ4n) is 3.36. The number of esters is 1. The highest BCUT2D eigenvalue weighted by Gasteiger charge is 2.52. The van der Waals surface area contributed by atoms with E-state index in [1.165, 1.54) is 7.11 Å². The topological polar surface area (TPSA) is 48.4 Å². The van der Waals surface area contributed by atoms with E-state index in [0.717, 1.165) is 31.4 Å². The summed E-state index contributed by atoms with van der Waals surface area (Å²) in [7, 11) is 1.42. The number of rotatable bonds is 3. The van der Waals surface area contributed by atoms with Gasteiger partial charge in [0.05, 0.1) is 31.4 Å². The number of halogens is 1. The van der Waals surface area contributed by atoms with Crippen LogP contribution in [0.1, 0.15) is 37.8 Å². The highest BCUT2D eigenvalue weighted by Crippen LogP contribution is 2.51. The molecular formula is C15H18ClNO3. The molecule has 1 saturated carbocycles. The van der Waals surface area contributed by atoms with Crippen molar-refractivity contribution < 1.29 is 14.3 Å². The Morgan fingerprint density at radius 3 is 2.70 bits per heavy atom. The van der Waals surface area contributed by atoms with Crippen LogP contribution in [0, 0.1) is 0 Å². The third kappa shape index (κ3) is 2.31. The molecule has 4 nitrogen and oxygen atoms in total. The Morgan fingerprint density at radius 2 is 2.15 bits per heavy atom. The van der Waals surface area contributed by atoms with Gasteiger partial charge in [-0.15, -0.1) is 0 Å². The van der Waals surface area contributed by atoms with E-state index in [0.29, 0.717) is 18.2 Å². The largest absolute Gasteiger partial charge is 0.469 e. The summed E-state index contributed by atoms with van der Waals surface area (Å²) in [4.78, 5) is 16.0. The summed E-state index contributed by atoms with van der Waals surface area (Å²) in [6, 6.07) is 5.74. The molecule has 0 aromatic carbocycles. The predicted octanol–water partition coefficient (Wildman–Crippen LogP) is 2.88. The number of nitrogens with zero attached hydrogens (tertiary/aromatic N) is 1. The molecular weight excluding hydrogens is 278 g/mol. The molecule has 0 N–H and O–H groups in total. The number of carbonyl (C=O) groups is 1. The van der Waals surface area contributed by atoms with Gasteiger partial charge in [-0.25, -0.2) is 4.98 Å². The van der Waals surface area contributed by atoms with Crippen molar-refractivity contribution in [3.05, 3.63) is 29.0 Å². The van der Waals surface area contributed by atoms with Gasteiger partial charge >= 0.3 is 5.97 Å². The molecule has 1 aromatic heterocycles. The summed E-state index contributed by atoms with van der Waals surface area (Å²) in [5, 5.41) is 0.522. The number of hydrogen-bond donors (Lipinski definition) is 0. The van der Waals surface area contributed by atoms with Crippen molar-refractivity contribution in [1.29, 1.82) is 0 Å². The molecule has 5 heteroatoms. The smallest absolute Gasteiger partial charge is 0.308 e. The molecule has 0 radical (unpaired) electrons. The molecule has 2 saturated heterocycles. The summed E-state index contributed by atoms with van der Waals surface area (Å²) in [6.07, 6.45) is 4.06. The van der Waals surface area contributed by atoms with Crippen LogP contribution in [0.25, 0.3) is 0 Å². The molecule has 4 rings (SSSR count). The van der Waals surface area contributed by atoms with Crippen molar-refractivity contribution in [2.75, 3.05) is 13.7 Å². The van der Waals surface area contributed by atoms with Gasteiger partial charge in [0.25, 0.3) is 0 Å². The minimum Gasteiger partial charge on any atom is -0.469 e. The van der Waals surface area contributed by atoms with E-state index in [-0.39, 0.29) is 17.0 Å². The Labute approximate surface area is 123 Å². The molecule has 2 aliphatic heterocycles. The molecule has 0 atom stereocenters. The van der Waals surface area contributed by atoms with Crippen LogP contribution < -0.4 is 0 Å². The van der Waals surface area contributed by atoms with Gasteiger partial charge < -0.3 is 9.47 Å². The first kappa shape index (κ1) is 13.8. The molecule has 0 amide bonds. The second kappa shape index (κ2) is 5.01. The highest BCUT2D eigenvalue weighted by atomic mass is 35.5. The zero-order chi connectivity index (χ0) is 14.2. The van der Waals surface area contributed by atoms with Crippen LogP contribution in [-0.2, 0) is 19.7 Å². The van der Waals surface area contributed by atoms with Crippen LogP contribution in [0.5, 0.6) is 0 Å². The lowest BCUT2D eigenvalue weighted by atomic mass is 9.63. The Bertz CT molecular complexity index is 507. The van der Waals surface area contributed by atoms with Gasteiger partial charge in [0.2, 0.25) is 0 Å². The normalized spacial score (nSPS) is 32.1. The Balaban J connectivity index is 1.78. The maximum absolute atomic E-state index is 11.5. The molecule has 2 bridgehead atoms. The van der Waals surface area contributed by atoms with Crippen LogP contribution >= 0.6 is 11.6 Å². The van der Waals surface area contributed by atoms with Gasteiger partial charge in [0, 0.05) is 5.41 Å². The lowest BCUT2D eigenvalue weighted by Gasteiger charge is -2.52. The zero-order valence-corrected chi connectivity index (χ0v) is 12.3. The van der Waals surface area contributed by atoms with Crippen molar-refractivity contribution in [1.82, 2.24) is 4.98 Å². The first-order valence-electron chi connectivity index (χ1n) is 6.91. The van der Waals surface area contributed by atoms with Crippen molar-refractivity contribution in [3.8, 4) is 0 Å². The van der Waals surface area contributed by atoms with Crippen LogP contribution in [-0.4, -0.2) is 30.3 Å². The van der Waals surface area contributed by atoms with Crippen molar-refractivity contribution in [2.45, 2.75) is 43.1 Å². The molecule has 0 spiro atoms. The summed E-state index contributed by atoms with van der Waals surface area (Å²) in [5.41, 5.74) is 0.646.